The van der Waals surface area contributed by atoms with E-state index in [-0.39, 0.29) is 11.7 Å². The summed E-state index contributed by atoms with van der Waals surface area (Å²) in [7, 11) is 0. The van der Waals surface area contributed by atoms with Gasteiger partial charge in [0.15, 0.2) is 0 Å². The van der Waals surface area contributed by atoms with Crippen molar-refractivity contribution in [2.45, 2.75) is 45.1 Å². The number of hydrogen-bond acceptors (Lipinski definition) is 1. The van der Waals surface area contributed by atoms with Crippen LogP contribution in [0.1, 0.15) is 43.7 Å². The molecule has 88 valence electrons. The Balaban J connectivity index is 2.30. The molecule has 1 aromatic carbocycles. The summed E-state index contributed by atoms with van der Waals surface area (Å²) in [5.74, 6) is 0.0466. The van der Waals surface area contributed by atoms with Gasteiger partial charge in [0.25, 0.3) is 0 Å². The molecule has 0 spiro atoms. The molecular weight excluding hydrogens is 203 g/mol. The molecule has 1 atom stereocenters. The van der Waals surface area contributed by atoms with Crippen molar-refractivity contribution in [3.8, 4) is 0 Å². The molecule has 1 aromatic rings. The number of halogens is 1. The van der Waals surface area contributed by atoms with Crippen LogP contribution in [0.5, 0.6) is 0 Å². The predicted octanol–water partition coefficient (Wildman–Crippen LogP) is 3.53. The number of benzene rings is 1. The Morgan fingerprint density at radius 3 is 2.50 bits per heavy atom. The second kappa shape index (κ2) is 4.17. The first-order valence-corrected chi connectivity index (χ1v) is 6.01. The summed E-state index contributed by atoms with van der Waals surface area (Å²) in [6.07, 6.45) is 4.44. The average molecular weight is 222 g/mol. The summed E-state index contributed by atoms with van der Waals surface area (Å²) >= 11 is 0. The van der Waals surface area contributed by atoms with Gasteiger partial charge >= 0.3 is 0 Å². The van der Waals surface area contributed by atoms with Crippen LogP contribution in [0.4, 0.5) is 4.39 Å². The van der Waals surface area contributed by atoms with Gasteiger partial charge in [-0.25, -0.2) is 4.39 Å². The van der Waals surface area contributed by atoms with E-state index >= 15 is 0 Å². The maximum Gasteiger partial charge on any atom is 0.126 e. The van der Waals surface area contributed by atoms with Gasteiger partial charge in [-0.15, -0.1) is 0 Å². The van der Waals surface area contributed by atoms with Crippen LogP contribution in [-0.2, 0) is 5.60 Å². The van der Waals surface area contributed by atoms with E-state index in [1.807, 2.05) is 13.0 Å². The second-order valence-electron chi connectivity index (χ2n) is 5.09. The van der Waals surface area contributed by atoms with Crippen molar-refractivity contribution in [1.82, 2.24) is 0 Å². The molecular formula is C14H19FO. The summed E-state index contributed by atoms with van der Waals surface area (Å²) in [5, 5.41) is 10.5. The molecule has 0 amide bonds. The highest BCUT2D eigenvalue weighted by Gasteiger charge is 2.35. The van der Waals surface area contributed by atoms with Gasteiger partial charge in [-0.05, 0) is 49.8 Å². The van der Waals surface area contributed by atoms with Gasteiger partial charge in [-0.2, -0.15) is 0 Å². The first-order valence-electron chi connectivity index (χ1n) is 6.01. The summed E-state index contributed by atoms with van der Waals surface area (Å²) in [6.45, 7) is 3.55. The highest BCUT2D eigenvalue weighted by molar-refractivity contribution is 5.28. The lowest BCUT2D eigenvalue weighted by atomic mass is 9.81. The molecule has 0 saturated heterocycles. The third-order valence-corrected chi connectivity index (χ3v) is 3.91. The van der Waals surface area contributed by atoms with Crippen LogP contribution in [0, 0.1) is 18.7 Å². The molecule has 1 saturated carbocycles. The zero-order chi connectivity index (χ0) is 11.8. The normalized spacial score (nSPS) is 21.0. The van der Waals surface area contributed by atoms with Crippen LogP contribution < -0.4 is 0 Å². The van der Waals surface area contributed by atoms with E-state index in [0.29, 0.717) is 11.1 Å². The predicted molar refractivity (Wildman–Crippen MR) is 62.7 cm³/mol. The van der Waals surface area contributed by atoms with Crippen LogP contribution in [0.15, 0.2) is 18.2 Å². The van der Waals surface area contributed by atoms with Crippen LogP contribution in [0.2, 0.25) is 0 Å². The Kier molecular flexibility index (Phi) is 3.02. The van der Waals surface area contributed by atoms with Crippen molar-refractivity contribution in [1.29, 1.82) is 0 Å². The molecule has 1 aliphatic carbocycles. The molecule has 0 aromatic heterocycles. The van der Waals surface area contributed by atoms with Gasteiger partial charge in [0.05, 0.1) is 5.60 Å². The maximum absolute atomic E-state index is 13.5. The molecule has 1 nitrogen and oxygen atoms in total. The molecule has 1 N–H and O–H groups in total. The topological polar surface area (TPSA) is 20.2 Å². The molecule has 2 heteroatoms. The van der Waals surface area contributed by atoms with Gasteiger partial charge in [0.1, 0.15) is 5.82 Å². The van der Waals surface area contributed by atoms with E-state index in [0.717, 1.165) is 12.8 Å². The summed E-state index contributed by atoms with van der Waals surface area (Å²) in [4.78, 5) is 0. The molecule has 2 rings (SSSR count). The van der Waals surface area contributed by atoms with E-state index in [2.05, 4.69) is 0 Å². The third-order valence-electron chi connectivity index (χ3n) is 3.91. The van der Waals surface area contributed by atoms with E-state index in [1.165, 1.54) is 18.9 Å². The fraction of sp³-hybridized carbons (Fsp3) is 0.571. The zero-order valence-corrected chi connectivity index (χ0v) is 9.96. The lowest BCUT2D eigenvalue weighted by molar-refractivity contribution is -0.00359. The quantitative estimate of drug-likeness (QED) is 0.811. The molecule has 16 heavy (non-hydrogen) atoms. The monoisotopic (exact) mass is 222 g/mol. The Labute approximate surface area is 96.3 Å². The van der Waals surface area contributed by atoms with Gasteiger partial charge < -0.3 is 5.11 Å². The van der Waals surface area contributed by atoms with Crippen LogP contribution >= 0.6 is 0 Å². The van der Waals surface area contributed by atoms with Crippen molar-refractivity contribution < 1.29 is 9.50 Å². The Morgan fingerprint density at radius 1 is 1.31 bits per heavy atom. The van der Waals surface area contributed by atoms with Crippen LogP contribution in [-0.4, -0.2) is 5.11 Å². The first kappa shape index (κ1) is 11.6. The molecule has 1 unspecified atom stereocenters. The minimum Gasteiger partial charge on any atom is -0.385 e. The van der Waals surface area contributed by atoms with Gasteiger partial charge in [-0.1, -0.05) is 25.0 Å². The number of hydrogen-bond donors (Lipinski definition) is 1. The number of aryl methyl sites for hydroxylation is 1. The van der Waals surface area contributed by atoms with Gasteiger partial charge in [0.2, 0.25) is 0 Å². The molecule has 1 aliphatic rings. The minimum absolute atomic E-state index is 0.226. The molecule has 0 heterocycles. The lowest BCUT2D eigenvalue weighted by Crippen LogP contribution is -2.30. The Morgan fingerprint density at radius 2 is 1.94 bits per heavy atom. The summed E-state index contributed by atoms with van der Waals surface area (Å²) in [6, 6.07) is 5.07. The van der Waals surface area contributed by atoms with E-state index in [4.69, 9.17) is 0 Å². The highest BCUT2D eigenvalue weighted by Crippen LogP contribution is 2.40. The fourth-order valence-electron chi connectivity index (χ4n) is 2.63. The molecule has 1 fully saturated rings. The maximum atomic E-state index is 13.5. The van der Waals surface area contributed by atoms with Crippen molar-refractivity contribution in [2.75, 3.05) is 0 Å². The van der Waals surface area contributed by atoms with Crippen molar-refractivity contribution in [2.24, 2.45) is 5.92 Å². The summed E-state index contributed by atoms with van der Waals surface area (Å²) < 4.78 is 13.5. The van der Waals surface area contributed by atoms with E-state index in [1.54, 1.807) is 13.0 Å². The number of aliphatic hydroxyl groups is 1. The van der Waals surface area contributed by atoms with Crippen molar-refractivity contribution in [3.05, 3.63) is 35.1 Å². The highest BCUT2D eigenvalue weighted by atomic mass is 19.1. The average Bonchev–Trinajstić information content (AvgIpc) is 2.75. The standard InChI is InChI=1S/C14H19FO/c1-10-7-8-12(9-13(10)15)14(2,16)11-5-3-4-6-11/h7-9,11,16H,3-6H2,1-2H3. The zero-order valence-electron chi connectivity index (χ0n) is 9.96. The largest absolute Gasteiger partial charge is 0.385 e. The number of rotatable bonds is 2. The second-order valence-corrected chi connectivity index (χ2v) is 5.09. The Bertz CT molecular complexity index is 378. The van der Waals surface area contributed by atoms with Crippen molar-refractivity contribution >= 4 is 0 Å². The van der Waals surface area contributed by atoms with Gasteiger partial charge in [-0.3, -0.25) is 0 Å². The molecule has 0 bridgehead atoms. The lowest BCUT2D eigenvalue weighted by Gasteiger charge is -2.30. The molecule has 0 radical (unpaired) electrons. The third kappa shape index (κ3) is 1.99. The molecule has 0 aliphatic heterocycles. The fourth-order valence-corrected chi connectivity index (χ4v) is 2.63. The van der Waals surface area contributed by atoms with E-state index in [9.17, 15) is 9.50 Å². The van der Waals surface area contributed by atoms with Crippen LogP contribution in [0.3, 0.4) is 0 Å². The minimum atomic E-state index is -0.884. The van der Waals surface area contributed by atoms with Gasteiger partial charge in [0, 0.05) is 0 Å². The smallest absolute Gasteiger partial charge is 0.126 e. The van der Waals surface area contributed by atoms with Crippen molar-refractivity contribution in [3.63, 3.8) is 0 Å². The Hall–Kier alpha value is -0.890. The summed E-state index contributed by atoms with van der Waals surface area (Å²) in [5.41, 5.74) is 0.457. The van der Waals surface area contributed by atoms with Crippen LogP contribution in [0.25, 0.3) is 0 Å². The SMILES string of the molecule is Cc1ccc(C(C)(O)C2CCCC2)cc1F. The first-order chi connectivity index (χ1) is 7.51. The van der Waals surface area contributed by atoms with E-state index < -0.39 is 5.60 Å².